The molecule has 31 heavy (non-hydrogen) atoms. The first-order chi connectivity index (χ1) is 15.0. The second kappa shape index (κ2) is 9.54. The van der Waals surface area contributed by atoms with Gasteiger partial charge in [0, 0.05) is 62.1 Å². The van der Waals surface area contributed by atoms with Gasteiger partial charge in [0.2, 0.25) is 0 Å². The Labute approximate surface area is 188 Å². The molecule has 6 nitrogen and oxygen atoms in total. The second-order valence-electron chi connectivity index (χ2n) is 7.99. The van der Waals surface area contributed by atoms with E-state index in [9.17, 15) is 4.79 Å². The van der Waals surface area contributed by atoms with E-state index in [4.69, 9.17) is 16.3 Å². The third kappa shape index (κ3) is 5.46. The van der Waals surface area contributed by atoms with E-state index in [-0.39, 0.29) is 5.91 Å². The molecule has 1 aliphatic heterocycles. The van der Waals surface area contributed by atoms with Gasteiger partial charge in [-0.05, 0) is 48.4 Å². The average molecular weight is 439 g/mol. The molecule has 0 N–H and O–H groups in total. The minimum atomic E-state index is 0.0850. The summed E-state index contributed by atoms with van der Waals surface area (Å²) >= 11 is 6.06. The van der Waals surface area contributed by atoms with Crippen molar-refractivity contribution in [3.8, 4) is 5.75 Å². The van der Waals surface area contributed by atoms with Crippen LogP contribution in [-0.2, 0) is 20.2 Å². The fourth-order valence-corrected chi connectivity index (χ4v) is 3.84. The van der Waals surface area contributed by atoms with Crippen LogP contribution in [0.4, 0.5) is 0 Å². The lowest BCUT2D eigenvalue weighted by Gasteiger charge is -2.34. The molecule has 2 heterocycles. The molecule has 1 fully saturated rings. The highest BCUT2D eigenvalue weighted by molar-refractivity contribution is 6.31. The average Bonchev–Trinajstić information content (AvgIpc) is 3.19. The maximum atomic E-state index is 12.9. The molecule has 162 valence electrons. The first-order valence-corrected chi connectivity index (χ1v) is 10.8. The van der Waals surface area contributed by atoms with Gasteiger partial charge in [0.1, 0.15) is 12.4 Å². The Morgan fingerprint density at radius 2 is 1.81 bits per heavy atom. The van der Waals surface area contributed by atoms with Crippen LogP contribution >= 0.6 is 11.6 Å². The zero-order valence-electron chi connectivity index (χ0n) is 17.9. The third-order valence-corrected chi connectivity index (χ3v) is 5.98. The van der Waals surface area contributed by atoms with Gasteiger partial charge >= 0.3 is 0 Å². The molecular formula is C24H27ClN4O2. The summed E-state index contributed by atoms with van der Waals surface area (Å²) in [6.07, 6.45) is 3.94. The van der Waals surface area contributed by atoms with Crippen molar-refractivity contribution in [1.82, 2.24) is 19.6 Å². The molecular weight excluding hydrogens is 412 g/mol. The number of hydrogen-bond donors (Lipinski definition) is 0. The van der Waals surface area contributed by atoms with Gasteiger partial charge in [-0.2, -0.15) is 5.10 Å². The van der Waals surface area contributed by atoms with E-state index in [2.05, 4.69) is 10.00 Å². The summed E-state index contributed by atoms with van der Waals surface area (Å²) in [6, 6.07) is 13.3. The third-order valence-electron chi connectivity index (χ3n) is 5.56. The monoisotopic (exact) mass is 438 g/mol. The zero-order chi connectivity index (χ0) is 21.8. The number of piperazine rings is 1. The molecule has 1 saturated heterocycles. The normalized spacial score (nSPS) is 14.6. The van der Waals surface area contributed by atoms with Crippen LogP contribution in [0.2, 0.25) is 5.02 Å². The van der Waals surface area contributed by atoms with Crippen LogP contribution in [0, 0.1) is 6.92 Å². The van der Waals surface area contributed by atoms with E-state index >= 15 is 0 Å². The maximum absolute atomic E-state index is 12.9. The minimum Gasteiger partial charge on any atom is -0.489 e. The van der Waals surface area contributed by atoms with Crippen LogP contribution in [0.25, 0.3) is 0 Å². The standard InChI is InChI=1S/C24H27ClN4O2/c1-18-13-22(7-8-23(18)25)31-17-19-3-5-21(6-4-19)24(30)29-11-9-28(10-12-29)16-20-14-26-27(2)15-20/h3-8,13-15H,9-12,16-17H2,1-2H3. The van der Waals surface area contributed by atoms with Crippen molar-refractivity contribution in [2.45, 2.75) is 20.1 Å². The molecule has 0 radical (unpaired) electrons. The SMILES string of the molecule is Cc1cc(OCc2ccc(C(=O)N3CCN(Cc4cnn(C)c4)CC3)cc2)ccc1Cl. The number of halogens is 1. The number of benzene rings is 2. The molecule has 1 amide bonds. The quantitative estimate of drug-likeness (QED) is 0.585. The van der Waals surface area contributed by atoms with Crippen molar-refractivity contribution in [3.05, 3.63) is 82.1 Å². The first kappa shape index (κ1) is 21.4. The number of ether oxygens (including phenoxy) is 1. The van der Waals surface area contributed by atoms with Gasteiger partial charge in [0.05, 0.1) is 6.20 Å². The van der Waals surface area contributed by atoms with Gasteiger partial charge in [-0.1, -0.05) is 23.7 Å². The molecule has 0 unspecified atom stereocenters. The second-order valence-corrected chi connectivity index (χ2v) is 8.39. The summed E-state index contributed by atoms with van der Waals surface area (Å²) < 4.78 is 7.66. The molecule has 0 spiro atoms. The van der Waals surface area contributed by atoms with E-state index in [1.165, 1.54) is 5.56 Å². The Bertz CT molecular complexity index is 1040. The Morgan fingerprint density at radius 1 is 1.06 bits per heavy atom. The highest BCUT2D eigenvalue weighted by atomic mass is 35.5. The molecule has 7 heteroatoms. The van der Waals surface area contributed by atoms with Crippen LogP contribution in [-0.4, -0.2) is 51.7 Å². The number of rotatable bonds is 6. The number of aromatic nitrogens is 2. The number of aryl methyl sites for hydroxylation is 2. The van der Waals surface area contributed by atoms with Crippen molar-refractivity contribution in [3.63, 3.8) is 0 Å². The van der Waals surface area contributed by atoms with Crippen molar-refractivity contribution in [2.75, 3.05) is 26.2 Å². The Balaban J connectivity index is 1.27. The van der Waals surface area contributed by atoms with Crippen molar-refractivity contribution in [2.24, 2.45) is 7.05 Å². The summed E-state index contributed by atoms with van der Waals surface area (Å²) in [5.74, 6) is 0.869. The summed E-state index contributed by atoms with van der Waals surface area (Å²) in [5, 5.41) is 4.95. The molecule has 4 rings (SSSR count). The number of hydrogen-bond acceptors (Lipinski definition) is 4. The molecule has 0 atom stereocenters. The van der Waals surface area contributed by atoms with E-state index in [0.717, 1.165) is 54.6 Å². The lowest BCUT2D eigenvalue weighted by atomic mass is 10.1. The molecule has 0 aliphatic carbocycles. The molecule has 0 saturated carbocycles. The number of amides is 1. The minimum absolute atomic E-state index is 0.0850. The number of carbonyl (C=O) groups is 1. The van der Waals surface area contributed by atoms with Gasteiger partial charge in [0.25, 0.3) is 5.91 Å². The summed E-state index contributed by atoms with van der Waals surface area (Å²) in [7, 11) is 1.93. The van der Waals surface area contributed by atoms with Gasteiger partial charge in [-0.25, -0.2) is 0 Å². The lowest BCUT2D eigenvalue weighted by Crippen LogP contribution is -2.48. The lowest BCUT2D eigenvalue weighted by molar-refractivity contribution is 0.0628. The smallest absolute Gasteiger partial charge is 0.253 e. The summed E-state index contributed by atoms with van der Waals surface area (Å²) in [6.45, 7) is 6.48. The Kier molecular flexibility index (Phi) is 6.59. The molecule has 1 aliphatic rings. The van der Waals surface area contributed by atoms with E-state index < -0.39 is 0 Å². The van der Waals surface area contributed by atoms with Gasteiger partial charge < -0.3 is 9.64 Å². The van der Waals surface area contributed by atoms with Gasteiger partial charge in [0.15, 0.2) is 0 Å². The highest BCUT2D eigenvalue weighted by Crippen LogP contribution is 2.22. The predicted octanol–water partition coefficient (Wildman–Crippen LogP) is 3.92. The number of nitrogens with zero attached hydrogens (tertiary/aromatic N) is 4. The fraction of sp³-hybridized carbons (Fsp3) is 0.333. The summed E-state index contributed by atoms with van der Waals surface area (Å²) in [5.41, 5.74) is 3.92. The van der Waals surface area contributed by atoms with E-state index in [1.54, 1.807) is 0 Å². The summed E-state index contributed by atoms with van der Waals surface area (Å²) in [4.78, 5) is 17.2. The molecule has 0 bridgehead atoms. The maximum Gasteiger partial charge on any atom is 0.253 e. The Morgan fingerprint density at radius 3 is 2.45 bits per heavy atom. The van der Waals surface area contributed by atoms with Crippen molar-refractivity contribution in [1.29, 1.82) is 0 Å². The Hall–Kier alpha value is -2.83. The van der Waals surface area contributed by atoms with E-state index in [0.29, 0.717) is 12.2 Å². The highest BCUT2D eigenvalue weighted by Gasteiger charge is 2.22. The predicted molar refractivity (Wildman–Crippen MR) is 121 cm³/mol. The fourth-order valence-electron chi connectivity index (χ4n) is 3.72. The van der Waals surface area contributed by atoms with Crippen LogP contribution in [0.3, 0.4) is 0 Å². The van der Waals surface area contributed by atoms with Crippen LogP contribution < -0.4 is 4.74 Å². The first-order valence-electron chi connectivity index (χ1n) is 10.4. The van der Waals surface area contributed by atoms with Crippen molar-refractivity contribution >= 4 is 17.5 Å². The van der Waals surface area contributed by atoms with Crippen LogP contribution in [0.15, 0.2) is 54.9 Å². The number of carbonyl (C=O) groups excluding carboxylic acids is 1. The van der Waals surface area contributed by atoms with Gasteiger partial charge in [-0.15, -0.1) is 0 Å². The topological polar surface area (TPSA) is 50.6 Å². The van der Waals surface area contributed by atoms with Crippen LogP contribution in [0.5, 0.6) is 5.75 Å². The van der Waals surface area contributed by atoms with Crippen molar-refractivity contribution < 1.29 is 9.53 Å². The molecule has 2 aromatic carbocycles. The van der Waals surface area contributed by atoms with E-state index in [1.807, 2.05) is 78.4 Å². The molecule has 1 aromatic heterocycles. The zero-order valence-corrected chi connectivity index (χ0v) is 18.7. The van der Waals surface area contributed by atoms with Crippen LogP contribution in [0.1, 0.15) is 27.0 Å². The van der Waals surface area contributed by atoms with Gasteiger partial charge in [-0.3, -0.25) is 14.4 Å². The largest absolute Gasteiger partial charge is 0.489 e. The molecule has 3 aromatic rings.